The van der Waals surface area contributed by atoms with Gasteiger partial charge in [0.05, 0.1) is 31.3 Å². The van der Waals surface area contributed by atoms with E-state index in [2.05, 4.69) is 19.1 Å². The van der Waals surface area contributed by atoms with Crippen LogP contribution in [0, 0.1) is 5.92 Å². The lowest BCUT2D eigenvalue weighted by Crippen LogP contribution is -2.43. The van der Waals surface area contributed by atoms with Crippen LogP contribution >= 0.6 is 0 Å². The van der Waals surface area contributed by atoms with Gasteiger partial charge in [-0.1, -0.05) is 19.1 Å². The number of rotatable bonds is 8. The maximum Gasteiger partial charge on any atom is 0.246 e. The van der Waals surface area contributed by atoms with Crippen LogP contribution in [0.3, 0.4) is 0 Å². The number of aliphatic hydroxyl groups is 1. The summed E-state index contributed by atoms with van der Waals surface area (Å²) in [6.07, 6.45) is 3.64. The van der Waals surface area contributed by atoms with Crippen molar-refractivity contribution in [3.8, 4) is 0 Å². The van der Waals surface area contributed by atoms with E-state index in [0.717, 1.165) is 37.9 Å². The Morgan fingerprint density at radius 3 is 2.52 bits per heavy atom. The zero-order valence-corrected chi connectivity index (χ0v) is 21.0. The number of halogens is 1. The van der Waals surface area contributed by atoms with Crippen molar-refractivity contribution >= 4 is 25.9 Å². The van der Waals surface area contributed by atoms with Crippen LogP contribution in [-0.2, 0) is 20.7 Å². The van der Waals surface area contributed by atoms with Crippen LogP contribution in [0.4, 0.5) is 9.80 Å². The molecule has 0 aliphatic carbocycles. The second kappa shape index (κ2) is 9.84. The molecule has 0 saturated carbocycles. The van der Waals surface area contributed by atoms with E-state index >= 15 is 4.11 Å². The van der Waals surface area contributed by atoms with Crippen molar-refractivity contribution in [3.05, 3.63) is 29.8 Å². The van der Waals surface area contributed by atoms with Crippen molar-refractivity contribution < 1.29 is 23.5 Å². The maximum atomic E-state index is 15.4. The molecule has 4 rings (SSSR count). The van der Waals surface area contributed by atoms with Crippen molar-refractivity contribution in [1.82, 2.24) is 4.90 Å². The first-order chi connectivity index (χ1) is 15.7. The maximum absolute atomic E-state index is 15.4. The van der Waals surface area contributed by atoms with Gasteiger partial charge in [-0.2, -0.15) is 0 Å². The molecule has 3 aliphatic heterocycles. The molecule has 1 aromatic rings. The van der Waals surface area contributed by atoms with Crippen LogP contribution in [0.25, 0.3) is 0 Å². The van der Waals surface area contributed by atoms with Gasteiger partial charge in [-0.25, -0.2) is 0 Å². The summed E-state index contributed by atoms with van der Waals surface area (Å²) in [4.78, 5) is 28.2. The summed E-state index contributed by atoms with van der Waals surface area (Å²) in [5, 5.41) is 9.57. The summed E-state index contributed by atoms with van der Waals surface area (Å²) in [6, 6.07) is 7.96. The number of carbonyl (C=O) groups excluding carboxylic acids is 2. The fourth-order valence-corrected chi connectivity index (χ4v) is 8.50. The average molecular weight is 477 g/mol. The summed E-state index contributed by atoms with van der Waals surface area (Å²) in [6.45, 7) is 6.94. The number of hydrogen-bond acceptors (Lipinski definition) is 4. The van der Waals surface area contributed by atoms with Gasteiger partial charge in [0.25, 0.3) is 0 Å². The van der Waals surface area contributed by atoms with Crippen LogP contribution in [0.2, 0.25) is 18.6 Å². The molecule has 2 amide bonds. The van der Waals surface area contributed by atoms with Gasteiger partial charge in [-0.3, -0.25) is 9.59 Å². The largest absolute Gasteiger partial charge is 0.394 e. The van der Waals surface area contributed by atoms with E-state index in [1.807, 2.05) is 12.1 Å². The molecular weight excluding hydrogens is 439 g/mol. The Hall–Kier alpha value is -1.77. The van der Waals surface area contributed by atoms with Gasteiger partial charge in [-0.05, 0) is 62.4 Å². The third-order valence-electron chi connectivity index (χ3n) is 7.80. The number of carbonyl (C=O) groups is 2. The number of ether oxygens (including phenoxy) is 1. The Kier molecular flexibility index (Phi) is 7.26. The summed E-state index contributed by atoms with van der Waals surface area (Å²) < 4.78 is 21.7. The van der Waals surface area contributed by atoms with Crippen molar-refractivity contribution in [2.45, 2.75) is 82.3 Å². The minimum Gasteiger partial charge on any atom is -0.394 e. The van der Waals surface area contributed by atoms with Gasteiger partial charge in [0.1, 0.15) is 0 Å². The topological polar surface area (TPSA) is 70.1 Å². The van der Waals surface area contributed by atoms with Gasteiger partial charge in [-0.15, -0.1) is 0 Å². The van der Waals surface area contributed by atoms with Crippen LogP contribution in [-0.4, -0.2) is 68.2 Å². The molecule has 33 heavy (non-hydrogen) atoms. The second-order valence-electron chi connectivity index (χ2n) is 10.4. The summed E-state index contributed by atoms with van der Waals surface area (Å²) in [5.41, 5.74) is 1.88. The van der Waals surface area contributed by atoms with Crippen LogP contribution in [0.15, 0.2) is 24.3 Å². The number of likely N-dealkylation sites (tertiary alicyclic amines) is 1. The molecule has 182 valence electrons. The van der Waals surface area contributed by atoms with Crippen LogP contribution in [0.1, 0.15) is 44.6 Å². The zero-order chi connectivity index (χ0) is 23.8. The van der Waals surface area contributed by atoms with Gasteiger partial charge < -0.3 is 23.8 Å². The molecule has 3 fully saturated rings. The fraction of sp³-hybridized carbons (Fsp3) is 0.680. The Balaban J connectivity index is 1.38. The quantitative estimate of drug-likeness (QED) is 0.353. The van der Waals surface area contributed by atoms with Gasteiger partial charge >= 0.3 is 0 Å². The summed E-state index contributed by atoms with van der Waals surface area (Å²) in [7, 11) is -3.04. The van der Waals surface area contributed by atoms with Crippen LogP contribution < -0.4 is 4.90 Å². The monoisotopic (exact) mass is 476 g/mol. The Labute approximate surface area is 197 Å². The molecule has 1 aromatic carbocycles. The third-order valence-corrected chi connectivity index (χ3v) is 10.3. The van der Waals surface area contributed by atoms with Crippen LogP contribution in [0.5, 0.6) is 0 Å². The Morgan fingerprint density at radius 1 is 1.21 bits per heavy atom. The fourth-order valence-electron chi connectivity index (χ4n) is 5.96. The predicted octanol–water partition coefficient (Wildman–Crippen LogP) is 3.68. The second-order valence-corrected chi connectivity index (χ2v) is 14.2. The highest BCUT2D eigenvalue weighted by Gasteiger charge is 2.52. The van der Waals surface area contributed by atoms with Gasteiger partial charge in [0, 0.05) is 30.7 Å². The van der Waals surface area contributed by atoms with E-state index in [4.69, 9.17) is 4.74 Å². The molecular formula is C25H37FN2O4Si. The molecule has 1 N–H and O–H groups in total. The number of amides is 2. The summed E-state index contributed by atoms with van der Waals surface area (Å²) >= 11 is 0. The van der Waals surface area contributed by atoms with E-state index in [9.17, 15) is 14.7 Å². The molecule has 3 saturated heterocycles. The lowest BCUT2D eigenvalue weighted by atomic mass is 9.95. The number of aliphatic hydroxyl groups excluding tert-OH is 1. The molecule has 3 aliphatic rings. The van der Waals surface area contributed by atoms with E-state index in [0.29, 0.717) is 13.0 Å². The van der Waals surface area contributed by atoms with E-state index in [1.165, 1.54) is 5.56 Å². The molecule has 0 radical (unpaired) electrons. The lowest BCUT2D eigenvalue weighted by Gasteiger charge is -2.30. The first kappa shape index (κ1) is 24.4. The highest BCUT2D eigenvalue weighted by molar-refractivity contribution is 6.72. The molecule has 3 heterocycles. The van der Waals surface area contributed by atoms with E-state index in [1.54, 1.807) is 22.9 Å². The molecule has 0 aromatic heterocycles. The number of benzene rings is 1. The number of hydrogen-bond donors (Lipinski definition) is 1. The minimum absolute atomic E-state index is 0.0201. The van der Waals surface area contributed by atoms with Crippen molar-refractivity contribution in [2.75, 3.05) is 24.6 Å². The molecule has 8 heteroatoms. The van der Waals surface area contributed by atoms with Gasteiger partial charge in [0.15, 0.2) is 0 Å². The standard InChI is InChI=1S/C25H37FN2O4Si/c1-17-21(11-8-18-6-9-19(10-7-18)28-14-12-23(28)30)32-22(25(17)33(2,3)26)15-24(31)27-13-4-5-20(27)16-29/h6-7,9-10,17,20-22,25,29H,4-5,8,11-16H2,1-3H3/t17-,20-,21+,22-,25+/m0/s1. The number of anilines is 1. The molecule has 0 bridgehead atoms. The highest BCUT2D eigenvalue weighted by Crippen LogP contribution is 2.47. The molecule has 0 unspecified atom stereocenters. The molecule has 6 nitrogen and oxygen atoms in total. The highest BCUT2D eigenvalue weighted by atomic mass is 28.4. The van der Waals surface area contributed by atoms with E-state index in [-0.39, 0.29) is 48.4 Å². The number of nitrogens with zero attached hydrogens (tertiary/aromatic N) is 2. The predicted molar refractivity (Wildman–Crippen MR) is 128 cm³/mol. The number of β-lactam (4-membered cyclic amide) rings is 1. The van der Waals surface area contributed by atoms with Gasteiger partial charge in [0.2, 0.25) is 20.2 Å². The first-order valence-electron chi connectivity index (χ1n) is 12.3. The Morgan fingerprint density at radius 2 is 1.94 bits per heavy atom. The Bertz CT molecular complexity index is 859. The summed E-state index contributed by atoms with van der Waals surface area (Å²) in [5.74, 6) is 0.197. The zero-order valence-electron chi connectivity index (χ0n) is 20.0. The smallest absolute Gasteiger partial charge is 0.246 e. The van der Waals surface area contributed by atoms with Crippen molar-refractivity contribution in [1.29, 1.82) is 0 Å². The SMILES string of the molecule is C[C@@H]1[C@@H]([Si](C)(C)F)[C@H](CC(=O)N2CCC[C@H]2CO)O[C@@H]1CCc1ccc(N2CCC2=O)cc1. The first-order valence-corrected chi connectivity index (χ1v) is 15.3. The van der Waals surface area contributed by atoms with Crippen molar-refractivity contribution in [2.24, 2.45) is 5.92 Å². The minimum atomic E-state index is -3.04. The van der Waals surface area contributed by atoms with E-state index < -0.39 is 14.5 Å². The third kappa shape index (κ3) is 5.17. The lowest BCUT2D eigenvalue weighted by molar-refractivity contribution is -0.135. The molecule has 5 atom stereocenters. The normalized spacial score (nSPS) is 30.1. The molecule has 0 spiro atoms. The van der Waals surface area contributed by atoms with Crippen molar-refractivity contribution in [3.63, 3.8) is 0 Å². The number of aryl methyl sites for hydroxylation is 1. The average Bonchev–Trinajstić information content (AvgIpc) is 3.36.